The summed E-state index contributed by atoms with van der Waals surface area (Å²) in [5.74, 6) is 0.525. The van der Waals surface area contributed by atoms with Gasteiger partial charge in [-0.25, -0.2) is 0 Å². The maximum atomic E-state index is 10.1. The SMILES string of the molecule is C=CC[C@H](O)C(CC)(CC)C(C)C. The number of hydrogen-bond acceptors (Lipinski definition) is 1. The van der Waals surface area contributed by atoms with E-state index in [0.29, 0.717) is 12.3 Å². The van der Waals surface area contributed by atoms with Gasteiger partial charge in [0.1, 0.15) is 0 Å². The van der Waals surface area contributed by atoms with Crippen molar-refractivity contribution in [3.63, 3.8) is 0 Å². The molecule has 0 bridgehead atoms. The molecule has 0 spiro atoms. The van der Waals surface area contributed by atoms with Crippen molar-refractivity contribution in [3.05, 3.63) is 12.7 Å². The average molecular weight is 184 g/mol. The fraction of sp³-hybridized carbons (Fsp3) is 0.833. The summed E-state index contributed by atoms with van der Waals surface area (Å²) in [5, 5.41) is 10.1. The summed E-state index contributed by atoms with van der Waals surface area (Å²) in [6.45, 7) is 12.4. The predicted octanol–water partition coefficient (Wildman–Crippen LogP) is 3.39. The molecule has 0 fully saturated rings. The predicted molar refractivity (Wildman–Crippen MR) is 58.7 cm³/mol. The smallest absolute Gasteiger partial charge is 0.0632 e. The van der Waals surface area contributed by atoms with Crippen LogP contribution < -0.4 is 0 Å². The second kappa shape index (κ2) is 5.43. The van der Waals surface area contributed by atoms with Gasteiger partial charge in [0.05, 0.1) is 6.10 Å². The van der Waals surface area contributed by atoms with E-state index in [-0.39, 0.29) is 11.5 Å². The Bertz CT molecular complexity index is 145. The van der Waals surface area contributed by atoms with E-state index in [1.165, 1.54) is 0 Å². The quantitative estimate of drug-likeness (QED) is 0.627. The lowest BCUT2D eigenvalue weighted by atomic mass is 9.68. The Kier molecular flexibility index (Phi) is 5.31. The van der Waals surface area contributed by atoms with E-state index in [4.69, 9.17) is 0 Å². The third-order valence-electron chi connectivity index (χ3n) is 3.52. The van der Waals surface area contributed by atoms with Crippen molar-refractivity contribution < 1.29 is 5.11 Å². The Balaban J connectivity index is 4.63. The van der Waals surface area contributed by atoms with Gasteiger partial charge in [0.15, 0.2) is 0 Å². The summed E-state index contributed by atoms with van der Waals surface area (Å²) >= 11 is 0. The van der Waals surface area contributed by atoms with E-state index >= 15 is 0 Å². The summed E-state index contributed by atoms with van der Waals surface area (Å²) in [5.41, 5.74) is 0.0776. The van der Waals surface area contributed by atoms with E-state index in [9.17, 15) is 5.11 Å². The highest BCUT2D eigenvalue weighted by Gasteiger charge is 2.36. The average Bonchev–Trinajstić information content (AvgIpc) is 2.07. The van der Waals surface area contributed by atoms with Crippen LogP contribution in [0, 0.1) is 11.3 Å². The van der Waals surface area contributed by atoms with Gasteiger partial charge in [-0.3, -0.25) is 0 Å². The monoisotopic (exact) mass is 184 g/mol. The lowest BCUT2D eigenvalue weighted by Gasteiger charge is -2.40. The molecule has 0 aliphatic carbocycles. The van der Waals surface area contributed by atoms with Crippen LogP contribution in [0.5, 0.6) is 0 Å². The van der Waals surface area contributed by atoms with Gasteiger partial charge in [0.25, 0.3) is 0 Å². The van der Waals surface area contributed by atoms with Crippen LogP contribution in [0.2, 0.25) is 0 Å². The molecular weight excluding hydrogens is 160 g/mol. The first kappa shape index (κ1) is 12.7. The van der Waals surface area contributed by atoms with Gasteiger partial charge in [0.2, 0.25) is 0 Å². The molecule has 78 valence electrons. The maximum absolute atomic E-state index is 10.1. The van der Waals surface area contributed by atoms with Crippen LogP contribution >= 0.6 is 0 Å². The Labute approximate surface area is 82.9 Å². The van der Waals surface area contributed by atoms with Crippen LogP contribution in [0.25, 0.3) is 0 Å². The van der Waals surface area contributed by atoms with E-state index in [1.807, 2.05) is 6.08 Å². The number of rotatable bonds is 6. The first-order chi connectivity index (χ1) is 6.05. The maximum Gasteiger partial charge on any atom is 0.0632 e. The first-order valence-electron chi connectivity index (χ1n) is 5.34. The minimum absolute atomic E-state index is 0.0776. The number of aliphatic hydroxyl groups excluding tert-OH is 1. The summed E-state index contributed by atoms with van der Waals surface area (Å²) in [6.07, 6.45) is 4.36. The summed E-state index contributed by atoms with van der Waals surface area (Å²) in [6, 6.07) is 0. The molecule has 1 atom stereocenters. The molecule has 0 radical (unpaired) electrons. The molecule has 13 heavy (non-hydrogen) atoms. The normalized spacial score (nSPS) is 14.6. The van der Waals surface area contributed by atoms with Crippen LogP contribution in [-0.2, 0) is 0 Å². The molecule has 0 rings (SSSR count). The summed E-state index contributed by atoms with van der Waals surface area (Å²) in [4.78, 5) is 0. The van der Waals surface area contributed by atoms with Crippen molar-refractivity contribution in [1.29, 1.82) is 0 Å². The van der Waals surface area contributed by atoms with Gasteiger partial charge in [0, 0.05) is 0 Å². The molecular formula is C12H24O. The Morgan fingerprint density at radius 3 is 2.00 bits per heavy atom. The zero-order valence-corrected chi connectivity index (χ0v) is 9.51. The van der Waals surface area contributed by atoms with Crippen LogP contribution in [-0.4, -0.2) is 11.2 Å². The molecule has 0 unspecified atom stereocenters. The van der Waals surface area contributed by atoms with Crippen LogP contribution in [0.15, 0.2) is 12.7 Å². The Morgan fingerprint density at radius 1 is 1.31 bits per heavy atom. The van der Waals surface area contributed by atoms with E-state index in [1.54, 1.807) is 0 Å². The van der Waals surface area contributed by atoms with Crippen molar-refractivity contribution in [2.45, 2.75) is 53.1 Å². The van der Waals surface area contributed by atoms with Gasteiger partial charge in [-0.1, -0.05) is 33.8 Å². The zero-order chi connectivity index (χ0) is 10.5. The zero-order valence-electron chi connectivity index (χ0n) is 9.51. The molecule has 0 aromatic rings. The molecule has 0 saturated carbocycles. The third-order valence-corrected chi connectivity index (χ3v) is 3.52. The van der Waals surface area contributed by atoms with E-state index in [0.717, 1.165) is 12.8 Å². The molecule has 0 heterocycles. The lowest BCUT2D eigenvalue weighted by Crippen LogP contribution is -2.38. The highest BCUT2D eigenvalue weighted by Crippen LogP contribution is 2.39. The van der Waals surface area contributed by atoms with Crippen molar-refractivity contribution in [2.24, 2.45) is 11.3 Å². The standard InChI is InChI=1S/C12H24O/c1-6-9-11(13)12(7-2,8-3)10(4)5/h6,10-11,13H,1,7-9H2,2-5H3/t11-/m0/s1. The highest BCUT2D eigenvalue weighted by molar-refractivity contribution is 4.90. The van der Waals surface area contributed by atoms with Crippen molar-refractivity contribution in [1.82, 2.24) is 0 Å². The molecule has 0 amide bonds. The Hall–Kier alpha value is -0.300. The number of aliphatic hydroxyl groups is 1. The molecule has 0 saturated heterocycles. The fourth-order valence-corrected chi connectivity index (χ4v) is 2.32. The summed E-state index contributed by atoms with van der Waals surface area (Å²) in [7, 11) is 0. The van der Waals surface area contributed by atoms with E-state index in [2.05, 4.69) is 34.3 Å². The molecule has 0 aromatic carbocycles. The molecule has 1 nitrogen and oxygen atoms in total. The van der Waals surface area contributed by atoms with Gasteiger partial charge in [-0.15, -0.1) is 6.58 Å². The summed E-state index contributed by atoms with van der Waals surface area (Å²) < 4.78 is 0. The first-order valence-corrected chi connectivity index (χ1v) is 5.34. The lowest BCUT2D eigenvalue weighted by molar-refractivity contribution is -0.0151. The van der Waals surface area contributed by atoms with Gasteiger partial charge >= 0.3 is 0 Å². The molecule has 1 heteroatoms. The van der Waals surface area contributed by atoms with Crippen LogP contribution in [0.3, 0.4) is 0 Å². The molecule has 0 aliphatic heterocycles. The highest BCUT2D eigenvalue weighted by atomic mass is 16.3. The van der Waals surface area contributed by atoms with Crippen molar-refractivity contribution in [2.75, 3.05) is 0 Å². The topological polar surface area (TPSA) is 20.2 Å². The van der Waals surface area contributed by atoms with E-state index < -0.39 is 0 Å². The van der Waals surface area contributed by atoms with Gasteiger partial charge in [-0.05, 0) is 30.6 Å². The number of hydrogen-bond donors (Lipinski definition) is 1. The second-order valence-corrected chi connectivity index (χ2v) is 4.14. The third kappa shape index (κ3) is 2.57. The molecule has 0 aliphatic rings. The minimum atomic E-state index is -0.236. The molecule has 0 aromatic heterocycles. The van der Waals surface area contributed by atoms with Crippen molar-refractivity contribution in [3.8, 4) is 0 Å². The largest absolute Gasteiger partial charge is 0.392 e. The van der Waals surface area contributed by atoms with Gasteiger partial charge < -0.3 is 5.11 Å². The Morgan fingerprint density at radius 2 is 1.77 bits per heavy atom. The second-order valence-electron chi connectivity index (χ2n) is 4.14. The van der Waals surface area contributed by atoms with Crippen molar-refractivity contribution >= 4 is 0 Å². The molecule has 1 N–H and O–H groups in total. The minimum Gasteiger partial charge on any atom is -0.392 e. The van der Waals surface area contributed by atoms with Gasteiger partial charge in [-0.2, -0.15) is 0 Å². The fourth-order valence-electron chi connectivity index (χ4n) is 2.32. The van der Waals surface area contributed by atoms with Crippen LogP contribution in [0.1, 0.15) is 47.0 Å². The van der Waals surface area contributed by atoms with Crippen LogP contribution in [0.4, 0.5) is 0 Å².